The Hall–Kier alpha value is 0.810. The number of phosphoric acid groups is 1. The quantitative estimate of drug-likeness (QED) is 0.383. The van der Waals surface area contributed by atoms with Gasteiger partial charge in [-0.15, -0.1) is 0 Å². The molecular weight excluding hydrogens is 261 g/mol. The molecule has 0 fully saturated rings. The van der Waals surface area contributed by atoms with E-state index in [0.29, 0.717) is 0 Å². The van der Waals surface area contributed by atoms with Crippen LogP contribution in [0.15, 0.2) is 48.5 Å². The summed E-state index contributed by atoms with van der Waals surface area (Å²) in [6.07, 6.45) is 0. The summed E-state index contributed by atoms with van der Waals surface area (Å²) >= 11 is 0. The van der Waals surface area contributed by atoms with Crippen molar-refractivity contribution in [3.05, 3.63) is 48.5 Å². The molecule has 0 aliphatic rings. The molecule has 0 amide bonds. The van der Waals surface area contributed by atoms with E-state index in [0.717, 1.165) is 0 Å². The van der Waals surface area contributed by atoms with E-state index in [1.165, 1.54) is 10.8 Å². The van der Waals surface area contributed by atoms with Crippen molar-refractivity contribution in [3.8, 4) is 0 Å². The Morgan fingerprint density at radius 1 is 0.824 bits per heavy atom. The van der Waals surface area contributed by atoms with Crippen LogP contribution < -0.4 is 68.9 Å². The number of rotatable bonds is 0. The Labute approximate surface area is 144 Å². The molecule has 0 heterocycles. The van der Waals surface area contributed by atoms with Gasteiger partial charge in [0, 0.05) is 0 Å². The average molecular weight is 270 g/mol. The third-order valence-electron chi connectivity index (χ3n) is 1.66. The predicted molar refractivity (Wildman–Crippen MR) is 53.8 cm³/mol. The molecule has 4 nitrogen and oxygen atoms in total. The molecule has 0 spiro atoms. The van der Waals surface area contributed by atoms with Crippen LogP contribution in [0.25, 0.3) is 10.8 Å². The first-order chi connectivity index (χ1) is 6.97. The van der Waals surface area contributed by atoms with Crippen LogP contribution in [-0.4, -0.2) is 4.89 Å². The van der Waals surface area contributed by atoms with Crippen LogP contribution in [0.3, 0.4) is 0 Å². The third kappa shape index (κ3) is 10.4. The van der Waals surface area contributed by atoms with Gasteiger partial charge in [-0.1, -0.05) is 48.5 Å². The molecule has 2 aromatic carbocycles. The monoisotopic (exact) mass is 270 g/mol. The van der Waals surface area contributed by atoms with Gasteiger partial charge in [0.15, 0.2) is 0 Å². The number of fused-ring (bicyclic) bond motifs is 1. The van der Waals surface area contributed by atoms with Gasteiger partial charge in [-0.3, -0.25) is 0 Å². The fourth-order valence-electron chi connectivity index (χ4n) is 1.13. The number of hydrogen-bond acceptors (Lipinski definition) is 3. The molecule has 0 aromatic heterocycles. The summed E-state index contributed by atoms with van der Waals surface area (Å²) in [4.78, 5) is 24.3. The topological polar surface area (TPSA) is 83.4 Å². The van der Waals surface area contributed by atoms with Crippen molar-refractivity contribution < 1.29 is 78.4 Å². The van der Waals surface area contributed by atoms with Gasteiger partial charge < -0.3 is 19.2 Å². The van der Waals surface area contributed by atoms with Crippen molar-refractivity contribution in [1.82, 2.24) is 0 Å². The van der Waals surface area contributed by atoms with Gasteiger partial charge in [0.2, 0.25) is 0 Å². The van der Waals surface area contributed by atoms with Gasteiger partial charge in [-0.2, -0.15) is 0 Å². The zero-order chi connectivity index (χ0) is 11.3. The SMILES string of the molecule is O=P([O-])([O-])O.[Na+].[Na+].c1ccc2ccccc2c1. The molecule has 0 radical (unpaired) electrons. The van der Waals surface area contributed by atoms with Crippen molar-refractivity contribution >= 4 is 18.6 Å². The van der Waals surface area contributed by atoms with Crippen LogP contribution in [-0.2, 0) is 4.57 Å². The molecule has 0 atom stereocenters. The Balaban J connectivity index is 0. The normalized spacial score (nSPS) is 9.35. The van der Waals surface area contributed by atoms with Crippen molar-refractivity contribution in [2.75, 3.05) is 0 Å². The standard InChI is InChI=1S/C10H8.2Na.H3O4P/c1-2-6-10-8-4-3-7-9(10)5-1;;;1-5(2,3)4/h1-8H;;;(H3,1,2,3,4)/q;2*+1;/p-2. The van der Waals surface area contributed by atoms with Crippen LogP contribution >= 0.6 is 7.82 Å². The van der Waals surface area contributed by atoms with E-state index in [4.69, 9.17) is 19.2 Å². The molecule has 0 saturated carbocycles. The zero-order valence-corrected chi connectivity index (χ0v) is 14.6. The van der Waals surface area contributed by atoms with E-state index in [1.807, 2.05) is 0 Å². The summed E-state index contributed by atoms with van der Waals surface area (Å²) in [6, 6.07) is 16.7. The van der Waals surface area contributed by atoms with E-state index in [2.05, 4.69) is 48.5 Å². The Morgan fingerprint density at radius 3 is 1.18 bits per heavy atom. The summed E-state index contributed by atoms with van der Waals surface area (Å²) in [5, 5.41) is 2.62. The van der Waals surface area contributed by atoms with Crippen molar-refractivity contribution in [2.45, 2.75) is 0 Å². The second-order valence-corrected chi connectivity index (χ2v) is 3.75. The van der Waals surface area contributed by atoms with Crippen LogP contribution in [0, 0.1) is 0 Å². The average Bonchev–Trinajstić information content (AvgIpc) is 2.16. The summed E-state index contributed by atoms with van der Waals surface area (Å²) in [5.41, 5.74) is 0. The molecule has 0 unspecified atom stereocenters. The van der Waals surface area contributed by atoms with E-state index in [-0.39, 0.29) is 59.1 Å². The van der Waals surface area contributed by atoms with E-state index in [9.17, 15) is 0 Å². The zero-order valence-electron chi connectivity index (χ0n) is 9.74. The fraction of sp³-hybridized carbons (Fsp3) is 0. The van der Waals surface area contributed by atoms with Gasteiger partial charge >= 0.3 is 59.1 Å². The molecule has 0 saturated heterocycles. The molecule has 17 heavy (non-hydrogen) atoms. The van der Waals surface area contributed by atoms with Crippen LogP contribution in [0.2, 0.25) is 0 Å². The largest absolute Gasteiger partial charge is 1.00 e. The van der Waals surface area contributed by atoms with Gasteiger partial charge in [0.25, 0.3) is 0 Å². The first-order valence-electron chi connectivity index (χ1n) is 4.15. The first kappa shape index (κ1) is 20.1. The summed E-state index contributed by atoms with van der Waals surface area (Å²) in [6.45, 7) is 0. The van der Waals surface area contributed by atoms with E-state index >= 15 is 0 Å². The molecule has 1 N–H and O–H groups in total. The smallest absolute Gasteiger partial charge is 0.790 e. The maximum absolute atomic E-state index is 8.66. The molecule has 0 bridgehead atoms. The number of benzene rings is 2. The predicted octanol–water partition coefficient (Wildman–Crippen LogP) is -5.34. The van der Waals surface area contributed by atoms with Crippen LogP contribution in [0.5, 0.6) is 0 Å². The molecular formula is C10H9Na2O4P. The Morgan fingerprint density at radius 2 is 1.00 bits per heavy atom. The van der Waals surface area contributed by atoms with Crippen molar-refractivity contribution in [2.24, 2.45) is 0 Å². The minimum Gasteiger partial charge on any atom is -0.790 e. The number of hydrogen-bond donors (Lipinski definition) is 1. The van der Waals surface area contributed by atoms with Gasteiger partial charge in [0.05, 0.1) is 7.82 Å². The van der Waals surface area contributed by atoms with Crippen molar-refractivity contribution in [3.63, 3.8) is 0 Å². The van der Waals surface area contributed by atoms with E-state index < -0.39 is 7.82 Å². The maximum atomic E-state index is 8.66. The minimum absolute atomic E-state index is 0. The summed E-state index contributed by atoms with van der Waals surface area (Å²) < 4.78 is 8.66. The summed E-state index contributed by atoms with van der Waals surface area (Å²) in [7, 11) is -5.14. The minimum atomic E-state index is -5.14. The third-order valence-corrected chi connectivity index (χ3v) is 1.66. The molecule has 0 aliphatic heterocycles. The molecule has 7 heteroatoms. The van der Waals surface area contributed by atoms with Gasteiger partial charge in [-0.05, 0) is 10.8 Å². The molecule has 2 rings (SSSR count). The van der Waals surface area contributed by atoms with Crippen LogP contribution in [0.4, 0.5) is 0 Å². The van der Waals surface area contributed by atoms with Gasteiger partial charge in [-0.25, -0.2) is 0 Å². The second-order valence-electron chi connectivity index (χ2n) is 2.82. The van der Waals surface area contributed by atoms with E-state index in [1.54, 1.807) is 0 Å². The molecule has 0 aliphatic carbocycles. The molecule has 2 aromatic rings. The summed E-state index contributed by atoms with van der Waals surface area (Å²) in [5.74, 6) is 0. The van der Waals surface area contributed by atoms with Crippen molar-refractivity contribution in [1.29, 1.82) is 0 Å². The fourth-order valence-corrected chi connectivity index (χ4v) is 1.13. The van der Waals surface area contributed by atoms with Crippen LogP contribution in [0.1, 0.15) is 0 Å². The maximum Gasteiger partial charge on any atom is 1.00 e. The first-order valence-corrected chi connectivity index (χ1v) is 5.65. The Bertz CT molecular complexity index is 413. The molecule has 80 valence electrons. The Kier molecular flexibility index (Phi) is 11.5. The van der Waals surface area contributed by atoms with Gasteiger partial charge in [0.1, 0.15) is 0 Å². The second kappa shape index (κ2) is 9.70.